The summed E-state index contributed by atoms with van der Waals surface area (Å²) in [5.41, 5.74) is 8.68. The highest BCUT2D eigenvalue weighted by atomic mass is 79.9. The van der Waals surface area contributed by atoms with Crippen molar-refractivity contribution in [1.29, 1.82) is 0 Å². The van der Waals surface area contributed by atoms with Gasteiger partial charge in [-0.25, -0.2) is 4.98 Å². The van der Waals surface area contributed by atoms with Crippen molar-refractivity contribution in [2.45, 2.75) is 37.8 Å². The summed E-state index contributed by atoms with van der Waals surface area (Å²) >= 11 is 3.63. The summed E-state index contributed by atoms with van der Waals surface area (Å²) in [5, 5.41) is 3.92. The zero-order valence-electron chi connectivity index (χ0n) is 14.3. The molecule has 2 fully saturated rings. The molecule has 9 heteroatoms. The Hall–Kier alpha value is -1.35. The van der Waals surface area contributed by atoms with E-state index in [4.69, 9.17) is 10.5 Å². The molecule has 4 heterocycles. The van der Waals surface area contributed by atoms with Crippen molar-refractivity contribution in [1.82, 2.24) is 9.97 Å². The van der Waals surface area contributed by atoms with Gasteiger partial charge in [0, 0.05) is 38.1 Å². The van der Waals surface area contributed by atoms with Crippen LogP contribution in [0.3, 0.4) is 0 Å². The van der Waals surface area contributed by atoms with E-state index in [0.717, 1.165) is 65.7 Å². The lowest BCUT2D eigenvalue weighted by Crippen LogP contribution is -2.43. The molecule has 1 unspecified atom stereocenters. The molecule has 0 bridgehead atoms. The van der Waals surface area contributed by atoms with Gasteiger partial charge in [0.15, 0.2) is 0 Å². The van der Waals surface area contributed by atoms with Gasteiger partial charge in [-0.2, -0.15) is 0 Å². The number of carbonyl (C=O) groups is 1. The number of piperidine rings is 1. The third kappa shape index (κ3) is 3.69. The minimum Gasteiger partial charge on any atom is -0.368 e. The van der Waals surface area contributed by atoms with E-state index < -0.39 is 0 Å². The molecule has 4 rings (SSSR count). The number of rotatable bonds is 3. The fraction of sp³-hybridized carbons (Fsp3) is 0.529. The van der Waals surface area contributed by atoms with Gasteiger partial charge in [0.2, 0.25) is 0 Å². The Bertz CT molecular complexity index is 793. The number of amides is 1. The van der Waals surface area contributed by atoms with E-state index in [9.17, 15) is 4.79 Å². The van der Waals surface area contributed by atoms with Crippen LogP contribution in [0.2, 0.25) is 0 Å². The molecule has 2 aromatic rings. The summed E-state index contributed by atoms with van der Waals surface area (Å²) < 4.78 is 6.39. The lowest BCUT2D eigenvalue weighted by Gasteiger charge is -2.33. The molecule has 0 saturated carbocycles. The smallest absolute Gasteiger partial charge is 0.253 e. The number of hydrogen-bond donors (Lipinski definition) is 3. The molecule has 2 atom stereocenters. The standard InChI is InChI=1S/C17H22BrN5O2.ClH/c18-11-7-20-16-14(15(11)23-5-1-3-10(19)9-23)12(8-21-16)22-17(24)13-4-2-6-25-13;/h7-8,10,13H,1-6,9,19H2,(H,20,21)(H,22,24);1H/t10-,13?;/m1./s1. The molecule has 7 nitrogen and oxygen atoms in total. The number of pyridine rings is 1. The first-order valence-electron chi connectivity index (χ1n) is 8.72. The molecule has 26 heavy (non-hydrogen) atoms. The molecule has 2 aliphatic heterocycles. The van der Waals surface area contributed by atoms with Gasteiger partial charge in [-0.3, -0.25) is 4.79 Å². The maximum absolute atomic E-state index is 12.5. The van der Waals surface area contributed by atoms with Gasteiger partial charge in [-0.15, -0.1) is 12.4 Å². The highest BCUT2D eigenvalue weighted by Gasteiger charge is 2.27. The second kappa shape index (κ2) is 8.12. The first-order chi connectivity index (χ1) is 12.1. The van der Waals surface area contributed by atoms with Crippen LogP contribution < -0.4 is 16.0 Å². The normalized spacial score (nSPS) is 23.1. The Morgan fingerprint density at radius 2 is 2.27 bits per heavy atom. The van der Waals surface area contributed by atoms with Crippen LogP contribution in [-0.2, 0) is 9.53 Å². The SMILES string of the molecule is Cl.N[C@@H]1CCCN(c2c(Br)cnc3[nH]cc(NC(=O)C4CCCO4)c23)C1. The minimum atomic E-state index is -0.364. The van der Waals surface area contributed by atoms with Crippen LogP contribution in [0.25, 0.3) is 11.0 Å². The predicted molar refractivity (Wildman–Crippen MR) is 108 cm³/mol. The van der Waals surface area contributed by atoms with Crippen molar-refractivity contribution < 1.29 is 9.53 Å². The number of ether oxygens (including phenoxy) is 1. The lowest BCUT2D eigenvalue weighted by molar-refractivity contribution is -0.124. The Labute approximate surface area is 166 Å². The van der Waals surface area contributed by atoms with Crippen molar-refractivity contribution in [3.8, 4) is 0 Å². The first kappa shape index (κ1) is 19.4. The molecule has 2 aromatic heterocycles. The number of hydrogen-bond acceptors (Lipinski definition) is 5. The van der Waals surface area contributed by atoms with E-state index in [1.807, 2.05) is 0 Å². The largest absolute Gasteiger partial charge is 0.368 e. The number of halogens is 2. The lowest BCUT2D eigenvalue weighted by atomic mass is 10.1. The van der Waals surface area contributed by atoms with Gasteiger partial charge in [-0.05, 0) is 41.6 Å². The van der Waals surface area contributed by atoms with Gasteiger partial charge >= 0.3 is 0 Å². The van der Waals surface area contributed by atoms with E-state index in [0.29, 0.717) is 6.61 Å². The van der Waals surface area contributed by atoms with Crippen LogP contribution in [0, 0.1) is 0 Å². The van der Waals surface area contributed by atoms with Gasteiger partial charge < -0.3 is 25.7 Å². The van der Waals surface area contributed by atoms with Crippen LogP contribution in [0.1, 0.15) is 25.7 Å². The van der Waals surface area contributed by atoms with Gasteiger partial charge in [0.25, 0.3) is 5.91 Å². The van der Waals surface area contributed by atoms with Gasteiger partial charge in [-0.1, -0.05) is 0 Å². The topological polar surface area (TPSA) is 96.3 Å². The fourth-order valence-electron chi connectivity index (χ4n) is 3.67. The molecule has 4 N–H and O–H groups in total. The van der Waals surface area contributed by atoms with Crippen LogP contribution in [0.15, 0.2) is 16.9 Å². The average Bonchev–Trinajstić information content (AvgIpc) is 3.25. The summed E-state index contributed by atoms with van der Waals surface area (Å²) in [7, 11) is 0. The predicted octanol–water partition coefficient (Wildman–Crippen LogP) is 2.79. The molecular formula is C17H23BrClN5O2. The molecule has 2 saturated heterocycles. The number of nitrogens with two attached hydrogens (primary N) is 1. The van der Waals surface area contributed by atoms with E-state index in [-0.39, 0.29) is 30.5 Å². The van der Waals surface area contributed by atoms with Crippen molar-refractivity contribution in [3.05, 3.63) is 16.9 Å². The van der Waals surface area contributed by atoms with Gasteiger partial charge in [0.05, 0.1) is 21.2 Å². The van der Waals surface area contributed by atoms with E-state index in [2.05, 4.69) is 36.1 Å². The van der Waals surface area contributed by atoms with Crippen LogP contribution in [-0.4, -0.2) is 47.7 Å². The Morgan fingerprint density at radius 1 is 1.42 bits per heavy atom. The zero-order chi connectivity index (χ0) is 17.4. The third-order valence-electron chi connectivity index (χ3n) is 4.88. The van der Waals surface area contributed by atoms with Crippen molar-refractivity contribution in [2.24, 2.45) is 5.73 Å². The Kier molecular flexibility index (Phi) is 6.06. The maximum Gasteiger partial charge on any atom is 0.253 e. The molecule has 0 aromatic carbocycles. The molecule has 0 aliphatic carbocycles. The molecule has 2 aliphatic rings. The zero-order valence-corrected chi connectivity index (χ0v) is 16.7. The van der Waals surface area contributed by atoms with Crippen LogP contribution in [0.4, 0.5) is 11.4 Å². The number of nitrogens with one attached hydrogen (secondary N) is 2. The quantitative estimate of drug-likeness (QED) is 0.676. The number of carbonyl (C=O) groups excluding carboxylic acids is 1. The summed E-state index contributed by atoms with van der Waals surface area (Å²) in [4.78, 5) is 22.3. The summed E-state index contributed by atoms with van der Waals surface area (Å²) in [6.45, 7) is 2.38. The molecule has 0 radical (unpaired) electrons. The number of H-pyrrole nitrogens is 1. The van der Waals surface area contributed by atoms with Crippen molar-refractivity contribution in [2.75, 3.05) is 29.9 Å². The summed E-state index contributed by atoms with van der Waals surface area (Å²) in [5.74, 6) is -0.0975. The Morgan fingerprint density at radius 3 is 3.00 bits per heavy atom. The number of aromatic amines is 1. The van der Waals surface area contributed by atoms with E-state index in [1.165, 1.54) is 0 Å². The number of aromatic nitrogens is 2. The first-order valence-corrected chi connectivity index (χ1v) is 9.51. The monoisotopic (exact) mass is 443 g/mol. The second-order valence-corrected chi connectivity index (χ2v) is 7.57. The highest BCUT2D eigenvalue weighted by Crippen LogP contribution is 2.39. The molecule has 142 valence electrons. The van der Waals surface area contributed by atoms with E-state index in [1.54, 1.807) is 12.4 Å². The average molecular weight is 445 g/mol. The number of anilines is 2. The third-order valence-corrected chi connectivity index (χ3v) is 5.46. The van der Waals surface area contributed by atoms with Gasteiger partial charge in [0.1, 0.15) is 11.8 Å². The van der Waals surface area contributed by atoms with Crippen molar-refractivity contribution in [3.63, 3.8) is 0 Å². The molecule has 1 amide bonds. The second-order valence-electron chi connectivity index (χ2n) is 6.72. The highest BCUT2D eigenvalue weighted by molar-refractivity contribution is 9.10. The summed E-state index contributed by atoms with van der Waals surface area (Å²) in [6, 6.07) is 0.160. The summed E-state index contributed by atoms with van der Waals surface area (Å²) in [6.07, 6.45) is 7.01. The van der Waals surface area contributed by atoms with Crippen LogP contribution >= 0.6 is 28.3 Å². The van der Waals surface area contributed by atoms with Crippen molar-refractivity contribution >= 4 is 56.7 Å². The van der Waals surface area contributed by atoms with Crippen LogP contribution in [0.5, 0.6) is 0 Å². The fourth-order valence-corrected chi connectivity index (χ4v) is 4.23. The Balaban J connectivity index is 0.00000196. The maximum atomic E-state index is 12.5. The molecular weight excluding hydrogens is 422 g/mol. The number of fused-ring (bicyclic) bond motifs is 1. The molecule has 0 spiro atoms. The van der Waals surface area contributed by atoms with E-state index >= 15 is 0 Å². The number of nitrogens with zero attached hydrogens (tertiary/aromatic N) is 2. The minimum absolute atomic E-state index is 0.